The highest BCUT2D eigenvalue weighted by molar-refractivity contribution is 8.15. The number of nitrogens with zero attached hydrogens (tertiary/aromatic N) is 5. The Balaban J connectivity index is 1.09. The molecule has 2 unspecified atom stereocenters. The van der Waals surface area contributed by atoms with Gasteiger partial charge in [-0.3, -0.25) is 9.69 Å². The summed E-state index contributed by atoms with van der Waals surface area (Å²) in [4.78, 5) is 35.5. The summed E-state index contributed by atoms with van der Waals surface area (Å²) in [5.74, 6) is 1.51. The molecule has 2 fully saturated rings. The molecule has 3 amide bonds. The predicted octanol–water partition coefficient (Wildman–Crippen LogP) is 6.42. The molecular weight excluding hydrogens is 565 g/mol. The van der Waals surface area contributed by atoms with Crippen molar-refractivity contribution in [2.75, 3.05) is 10.7 Å². The van der Waals surface area contributed by atoms with Gasteiger partial charge in [-0.15, -0.1) is 5.10 Å². The molecule has 2 atom stereocenters. The number of carbonyl (C=O) groups is 2. The smallest absolute Gasteiger partial charge is 0.332 e. The van der Waals surface area contributed by atoms with Gasteiger partial charge in [-0.05, 0) is 59.7 Å². The van der Waals surface area contributed by atoms with Gasteiger partial charge in [0.1, 0.15) is 6.33 Å². The van der Waals surface area contributed by atoms with Crippen LogP contribution in [0, 0.1) is 5.92 Å². The number of thioether (sulfide) groups is 1. The Bertz CT molecular complexity index is 1670. The third kappa shape index (κ3) is 5.80. The monoisotopic (exact) mass is 590 g/mol. The summed E-state index contributed by atoms with van der Waals surface area (Å²) >= 11 is 1.25. The van der Waals surface area contributed by atoms with Gasteiger partial charge in [-0.25, -0.2) is 14.5 Å². The summed E-state index contributed by atoms with van der Waals surface area (Å²) in [7, 11) is 0. The van der Waals surface area contributed by atoms with Crippen molar-refractivity contribution in [2.24, 2.45) is 10.9 Å². The van der Waals surface area contributed by atoms with Crippen molar-refractivity contribution in [1.29, 1.82) is 0 Å². The molecular formula is C30H25F3N6O2S. The molecule has 2 heterocycles. The Morgan fingerprint density at radius 3 is 2.48 bits per heavy atom. The van der Waals surface area contributed by atoms with Crippen LogP contribution >= 0.6 is 11.8 Å². The number of urea groups is 1. The summed E-state index contributed by atoms with van der Waals surface area (Å²) in [6.45, 7) is 2.40. The van der Waals surface area contributed by atoms with E-state index in [2.05, 4.69) is 27.3 Å². The van der Waals surface area contributed by atoms with Gasteiger partial charge in [0.05, 0.1) is 22.7 Å². The van der Waals surface area contributed by atoms with Crippen LogP contribution in [0.1, 0.15) is 36.0 Å². The molecule has 6 rings (SSSR count). The zero-order valence-electron chi connectivity index (χ0n) is 22.4. The maximum Gasteiger partial charge on any atom is 0.416 e. The van der Waals surface area contributed by atoms with E-state index < -0.39 is 17.8 Å². The molecule has 1 N–H and O–H groups in total. The van der Waals surface area contributed by atoms with Crippen LogP contribution in [0.5, 0.6) is 0 Å². The fourth-order valence-corrected chi connectivity index (χ4v) is 5.70. The highest BCUT2D eigenvalue weighted by Crippen LogP contribution is 2.50. The van der Waals surface area contributed by atoms with E-state index in [9.17, 15) is 22.8 Å². The highest BCUT2D eigenvalue weighted by Gasteiger charge is 2.39. The second kappa shape index (κ2) is 11.1. The number of benzene rings is 3. The molecule has 3 aromatic carbocycles. The first kappa shape index (κ1) is 27.7. The molecule has 1 aromatic heterocycles. The lowest BCUT2D eigenvalue weighted by Crippen LogP contribution is -2.32. The van der Waals surface area contributed by atoms with E-state index in [4.69, 9.17) is 0 Å². The lowest BCUT2D eigenvalue weighted by atomic mass is 10.1. The Labute approximate surface area is 243 Å². The van der Waals surface area contributed by atoms with Crippen molar-refractivity contribution in [1.82, 2.24) is 20.1 Å². The second-order valence-electron chi connectivity index (χ2n) is 10.2. The van der Waals surface area contributed by atoms with Gasteiger partial charge in [-0.2, -0.15) is 18.2 Å². The first-order valence-corrected chi connectivity index (χ1v) is 14.3. The Morgan fingerprint density at radius 2 is 1.79 bits per heavy atom. The SMILES string of the molecule is CC1CC1c1ccccc1N1C(=O)CS/C1=N\C(=O)NCc1ccc(-c2ncn(-c3ccc(C(F)(F)F)cc3)n2)cc1. The summed E-state index contributed by atoms with van der Waals surface area (Å²) in [6.07, 6.45) is -1.89. The minimum absolute atomic E-state index is 0.0998. The number of hydrogen-bond donors (Lipinski definition) is 1. The Kier molecular flexibility index (Phi) is 7.31. The number of anilines is 1. The van der Waals surface area contributed by atoms with Crippen LogP contribution in [0.2, 0.25) is 0 Å². The number of para-hydroxylation sites is 1. The first-order valence-electron chi connectivity index (χ1n) is 13.3. The quantitative estimate of drug-likeness (QED) is 0.280. The van der Waals surface area contributed by atoms with Crippen LogP contribution in [0.3, 0.4) is 0 Å². The number of aliphatic imine (C=N–C) groups is 1. The summed E-state index contributed by atoms with van der Waals surface area (Å²) in [6, 6.07) is 19.1. The third-order valence-corrected chi connectivity index (χ3v) is 8.18. The van der Waals surface area contributed by atoms with Gasteiger partial charge in [0.2, 0.25) is 5.91 Å². The van der Waals surface area contributed by atoms with Gasteiger partial charge in [0, 0.05) is 12.1 Å². The molecule has 0 spiro atoms. The minimum Gasteiger partial charge on any atom is -0.332 e. The minimum atomic E-state index is -4.41. The van der Waals surface area contributed by atoms with E-state index in [1.54, 1.807) is 17.0 Å². The first-order chi connectivity index (χ1) is 20.2. The van der Waals surface area contributed by atoms with E-state index in [0.29, 0.717) is 34.1 Å². The van der Waals surface area contributed by atoms with Crippen molar-refractivity contribution >= 4 is 34.6 Å². The van der Waals surface area contributed by atoms with Crippen molar-refractivity contribution in [3.8, 4) is 17.1 Å². The number of alkyl halides is 3. The predicted molar refractivity (Wildman–Crippen MR) is 154 cm³/mol. The van der Waals surface area contributed by atoms with Crippen LogP contribution in [0.4, 0.5) is 23.7 Å². The average Bonchev–Trinajstić information content (AvgIpc) is 3.34. The van der Waals surface area contributed by atoms with Gasteiger partial charge in [0.25, 0.3) is 0 Å². The number of aromatic nitrogens is 3. The number of rotatable bonds is 6. The molecule has 2 aliphatic rings. The van der Waals surface area contributed by atoms with Crippen molar-refractivity contribution in [3.63, 3.8) is 0 Å². The van der Waals surface area contributed by atoms with E-state index in [1.807, 2.05) is 36.4 Å². The lowest BCUT2D eigenvalue weighted by molar-refractivity contribution is -0.137. The zero-order chi connectivity index (χ0) is 29.4. The fourth-order valence-electron chi connectivity index (χ4n) is 4.84. The third-order valence-electron chi connectivity index (χ3n) is 7.26. The van der Waals surface area contributed by atoms with Crippen molar-refractivity contribution in [3.05, 3.63) is 95.8 Å². The summed E-state index contributed by atoms with van der Waals surface area (Å²) in [5, 5.41) is 7.51. The normalized spacial score (nSPS) is 19.4. The molecule has 0 radical (unpaired) electrons. The average molecular weight is 591 g/mol. The zero-order valence-corrected chi connectivity index (χ0v) is 23.2. The molecule has 1 saturated carbocycles. The standard InChI is InChI=1S/C30H25F3N6O2S/c1-18-14-24(18)23-4-2-3-5-25(23)39-26(40)16-42-29(39)36-28(41)34-15-19-6-8-20(9-7-19)27-35-17-38(37-27)22-12-10-21(11-13-22)30(31,32)33/h2-13,17-18,24H,14-16H2,1H3,(H,34,41)/b36-29-. The number of amides is 3. The van der Waals surface area contributed by atoms with Crippen molar-refractivity contribution in [2.45, 2.75) is 32.0 Å². The van der Waals surface area contributed by atoms with Gasteiger partial charge < -0.3 is 5.32 Å². The largest absolute Gasteiger partial charge is 0.416 e. The molecule has 0 bridgehead atoms. The lowest BCUT2D eigenvalue weighted by Gasteiger charge is -2.19. The topological polar surface area (TPSA) is 92.5 Å². The maximum absolute atomic E-state index is 12.8. The van der Waals surface area contributed by atoms with Gasteiger partial charge in [0.15, 0.2) is 11.0 Å². The molecule has 1 saturated heterocycles. The number of carbonyl (C=O) groups excluding carboxylic acids is 2. The number of amidine groups is 1. The highest BCUT2D eigenvalue weighted by atomic mass is 32.2. The Hall–Kier alpha value is -4.45. The molecule has 8 nitrogen and oxygen atoms in total. The summed E-state index contributed by atoms with van der Waals surface area (Å²) in [5.41, 5.74) is 3.13. The van der Waals surface area contributed by atoms with Crippen LogP contribution < -0.4 is 10.2 Å². The van der Waals surface area contributed by atoms with E-state index in [-0.39, 0.29) is 18.2 Å². The maximum atomic E-state index is 12.8. The summed E-state index contributed by atoms with van der Waals surface area (Å²) < 4.78 is 39.9. The number of halogens is 3. The second-order valence-corrected chi connectivity index (χ2v) is 11.1. The Morgan fingerprint density at radius 1 is 1.07 bits per heavy atom. The van der Waals surface area contributed by atoms with Crippen LogP contribution in [0.15, 0.2) is 84.1 Å². The van der Waals surface area contributed by atoms with Crippen LogP contribution in [0.25, 0.3) is 17.1 Å². The number of nitrogens with one attached hydrogen (secondary N) is 1. The molecule has 214 valence electrons. The van der Waals surface area contributed by atoms with Crippen molar-refractivity contribution < 1.29 is 22.8 Å². The molecule has 1 aliphatic heterocycles. The number of hydrogen-bond acceptors (Lipinski definition) is 5. The van der Waals surface area contributed by atoms with Gasteiger partial charge in [-0.1, -0.05) is 61.2 Å². The fraction of sp³-hybridized carbons (Fsp3) is 0.233. The van der Waals surface area contributed by atoms with Crippen LogP contribution in [-0.4, -0.2) is 37.6 Å². The van der Waals surface area contributed by atoms with Crippen LogP contribution in [-0.2, 0) is 17.5 Å². The molecule has 42 heavy (non-hydrogen) atoms. The van der Waals surface area contributed by atoms with E-state index >= 15 is 0 Å². The van der Waals surface area contributed by atoms with Gasteiger partial charge >= 0.3 is 12.2 Å². The van der Waals surface area contributed by atoms with E-state index in [1.165, 1.54) is 34.9 Å². The molecule has 4 aromatic rings. The molecule has 1 aliphatic carbocycles. The van der Waals surface area contributed by atoms with E-state index in [0.717, 1.165) is 35.4 Å². The molecule has 12 heteroatoms.